The number of carbonyl (C=O) groups excluding carboxylic acids is 2. The third-order valence-electron chi connectivity index (χ3n) is 6.34. The van der Waals surface area contributed by atoms with Crippen LogP contribution < -0.4 is 10.6 Å². The van der Waals surface area contributed by atoms with Crippen LogP contribution in [0.2, 0.25) is 0 Å². The molecule has 2 amide bonds. The molecule has 0 saturated carbocycles. The minimum absolute atomic E-state index is 0.0292. The number of piperidine rings is 1. The first-order chi connectivity index (χ1) is 16.5. The third-order valence-corrected chi connectivity index (χ3v) is 6.34. The number of likely N-dealkylation sites (N-methyl/N-ethyl adjacent to an activating group) is 1. The summed E-state index contributed by atoms with van der Waals surface area (Å²) in [6.07, 6.45) is 8.90. The summed E-state index contributed by atoms with van der Waals surface area (Å²) < 4.78 is 7.67. The fourth-order valence-electron chi connectivity index (χ4n) is 4.21. The standard InChI is InChI=1S/C25H30N6O3/c1-3-18-15-27-25(28-16-18)31-10-7-21(8-11-31)29(2)23(32)17-34-13-12-30-9-6-19-4-5-20(24(26)33)14-22(19)30/h3-6,9,14-16,21H,1,7-8,10-13,17H2,2H3,(H2,26,33). The van der Waals surface area contributed by atoms with Crippen LogP contribution in [0.5, 0.6) is 0 Å². The van der Waals surface area contributed by atoms with Crippen molar-refractivity contribution in [1.82, 2.24) is 19.4 Å². The second-order valence-corrected chi connectivity index (χ2v) is 8.44. The van der Waals surface area contributed by atoms with Crippen molar-refractivity contribution in [1.29, 1.82) is 0 Å². The number of rotatable bonds is 9. The number of amides is 2. The molecular formula is C25H30N6O3. The van der Waals surface area contributed by atoms with Crippen LogP contribution in [0.4, 0.5) is 5.95 Å². The van der Waals surface area contributed by atoms with Gasteiger partial charge < -0.3 is 24.8 Å². The normalized spacial score (nSPS) is 14.3. The molecule has 2 N–H and O–H groups in total. The fraction of sp³-hybridized carbons (Fsp3) is 0.360. The SMILES string of the molecule is C=Cc1cnc(N2CCC(N(C)C(=O)COCCn3ccc4ccc(C(N)=O)cc43)CC2)nc1. The van der Waals surface area contributed by atoms with Crippen LogP contribution in [-0.4, -0.2) is 70.6 Å². The zero-order valence-corrected chi connectivity index (χ0v) is 19.4. The van der Waals surface area contributed by atoms with Gasteiger partial charge in [-0.25, -0.2) is 9.97 Å². The van der Waals surface area contributed by atoms with E-state index in [1.54, 1.807) is 35.5 Å². The fourth-order valence-corrected chi connectivity index (χ4v) is 4.21. The summed E-state index contributed by atoms with van der Waals surface area (Å²) in [5.41, 5.74) is 7.67. The second-order valence-electron chi connectivity index (χ2n) is 8.44. The number of nitrogens with zero attached hydrogens (tertiary/aromatic N) is 5. The van der Waals surface area contributed by atoms with E-state index in [9.17, 15) is 9.59 Å². The van der Waals surface area contributed by atoms with Crippen molar-refractivity contribution in [3.8, 4) is 0 Å². The number of aromatic nitrogens is 3. The maximum absolute atomic E-state index is 12.7. The molecule has 4 rings (SSSR count). The third kappa shape index (κ3) is 5.26. The number of primary amides is 1. The molecule has 1 saturated heterocycles. The van der Waals surface area contributed by atoms with Gasteiger partial charge in [0.25, 0.3) is 0 Å². The molecule has 1 aromatic carbocycles. The molecule has 2 aromatic heterocycles. The smallest absolute Gasteiger partial charge is 0.248 e. The van der Waals surface area contributed by atoms with Crippen molar-refractivity contribution >= 4 is 34.7 Å². The monoisotopic (exact) mass is 462 g/mol. The van der Waals surface area contributed by atoms with E-state index in [1.807, 2.05) is 29.9 Å². The predicted octanol–water partition coefficient (Wildman–Crippen LogP) is 2.32. The minimum Gasteiger partial charge on any atom is -0.370 e. The first-order valence-corrected chi connectivity index (χ1v) is 11.4. The van der Waals surface area contributed by atoms with Crippen LogP contribution in [0.15, 0.2) is 49.4 Å². The van der Waals surface area contributed by atoms with Gasteiger partial charge in [-0.05, 0) is 36.4 Å². The number of fused-ring (bicyclic) bond motifs is 1. The van der Waals surface area contributed by atoms with Crippen molar-refractivity contribution < 1.29 is 14.3 Å². The van der Waals surface area contributed by atoms with E-state index < -0.39 is 5.91 Å². The summed E-state index contributed by atoms with van der Waals surface area (Å²) in [4.78, 5) is 36.8. The quantitative estimate of drug-likeness (QED) is 0.489. The molecule has 3 heterocycles. The number of hydrogen-bond donors (Lipinski definition) is 1. The van der Waals surface area contributed by atoms with Gasteiger partial charge in [0, 0.05) is 68.0 Å². The van der Waals surface area contributed by atoms with Crippen LogP contribution in [0.3, 0.4) is 0 Å². The summed E-state index contributed by atoms with van der Waals surface area (Å²) in [6, 6.07) is 7.52. The lowest BCUT2D eigenvalue weighted by Gasteiger charge is -2.36. The molecule has 9 nitrogen and oxygen atoms in total. The lowest BCUT2D eigenvalue weighted by atomic mass is 10.0. The molecule has 1 aliphatic rings. The molecule has 9 heteroatoms. The first kappa shape index (κ1) is 23.4. The Morgan fingerprint density at radius 2 is 1.97 bits per heavy atom. The van der Waals surface area contributed by atoms with E-state index in [4.69, 9.17) is 10.5 Å². The van der Waals surface area contributed by atoms with E-state index in [2.05, 4.69) is 21.4 Å². The molecule has 0 spiro atoms. The zero-order valence-electron chi connectivity index (χ0n) is 19.4. The molecule has 0 aliphatic carbocycles. The lowest BCUT2D eigenvalue weighted by molar-refractivity contribution is -0.137. The highest BCUT2D eigenvalue weighted by molar-refractivity contribution is 5.97. The summed E-state index contributed by atoms with van der Waals surface area (Å²) in [7, 11) is 1.84. The minimum atomic E-state index is -0.455. The Balaban J connectivity index is 1.22. The molecule has 34 heavy (non-hydrogen) atoms. The average molecular weight is 463 g/mol. The van der Waals surface area contributed by atoms with Crippen molar-refractivity contribution in [2.24, 2.45) is 5.73 Å². The van der Waals surface area contributed by atoms with Gasteiger partial charge >= 0.3 is 0 Å². The van der Waals surface area contributed by atoms with Crippen LogP contribution in [0.25, 0.3) is 17.0 Å². The molecule has 0 atom stereocenters. The van der Waals surface area contributed by atoms with Gasteiger partial charge in [-0.15, -0.1) is 0 Å². The predicted molar refractivity (Wildman–Crippen MR) is 131 cm³/mol. The van der Waals surface area contributed by atoms with E-state index in [1.165, 1.54) is 0 Å². The Bertz CT molecular complexity index is 1170. The maximum Gasteiger partial charge on any atom is 0.248 e. The number of anilines is 1. The van der Waals surface area contributed by atoms with E-state index in [0.29, 0.717) is 24.7 Å². The van der Waals surface area contributed by atoms with E-state index >= 15 is 0 Å². The molecule has 0 bridgehead atoms. The van der Waals surface area contributed by atoms with E-state index in [0.717, 1.165) is 42.4 Å². The van der Waals surface area contributed by atoms with Gasteiger partial charge in [0.05, 0.1) is 6.61 Å². The number of carbonyl (C=O) groups is 2. The summed E-state index contributed by atoms with van der Waals surface area (Å²) >= 11 is 0. The largest absolute Gasteiger partial charge is 0.370 e. The Morgan fingerprint density at radius 3 is 2.65 bits per heavy atom. The topological polar surface area (TPSA) is 107 Å². The van der Waals surface area contributed by atoms with Crippen LogP contribution in [0.1, 0.15) is 28.8 Å². The molecule has 0 unspecified atom stereocenters. The van der Waals surface area contributed by atoms with Crippen molar-refractivity contribution in [3.63, 3.8) is 0 Å². The van der Waals surface area contributed by atoms with Crippen LogP contribution >= 0.6 is 0 Å². The average Bonchev–Trinajstić information content (AvgIpc) is 3.28. The number of hydrogen-bond acceptors (Lipinski definition) is 6. The Kier molecular flexibility index (Phi) is 7.22. The first-order valence-electron chi connectivity index (χ1n) is 11.4. The Hall–Kier alpha value is -3.72. The lowest BCUT2D eigenvalue weighted by Crippen LogP contribution is -2.47. The Morgan fingerprint density at radius 1 is 1.24 bits per heavy atom. The molecule has 0 radical (unpaired) electrons. The van der Waals surface area contributed by atoms with Gasteiger partial charge in [-0.2, -0.15) is 0 Å². The van der Waals surface area contributed by atoms with Gasteiger partial charge in [0.1, 0.15) is 6.61 Å². The highest BCUT2D eigenvalue weighted by atomic mass is 16.5. The highest BCUT2D eigenvalue weighted by Gasteiger charge is 2.26. The molecule has 1 fully saturated rings. The van der Waals surface area contributed by atoms with Crippen LogP contribution in [0, 0.1) is 0 Å². The van der Waals surface area contributed by atoms with Gasteiger partial charge in [-0.1, -0.05) is 18.7 Å². The highest BCUT2D eigenvalue weighted by Crippen LogP contribution is 2.20. The van der Waals surface area contributed by atoms with Crippen molar-refractivity contribution in [2.45, 2.75) is 25.4 Å². The molecule has 178 valence electrons. The second kappa shape index (κ2) is 10.5. The zero-order chi connectivity index (χ0) is 24.1. The van der Waals surface area contributed by atoms with Crippen molar-refractivity contribution in [3.05, 3.63) is 60.6 Å². The molecule has 3 aromatic rings. The summed E-state index contributed by atoms with van der Waals surface area (Å²) in [6.45, 7) is 6.31. The van der Waals surface area contributed by atoms with Gasteiger partial charge in [0.15, 0.2) is 0 Å². The van der Waals surface area contributed by atoms with Gasteiger partial charge in [0.2, 0.25) is 17.8 Å². The number of nitrogens with two attached hydrogens (primary N) is 1. The summed E-state index contributed by atoms with van der Waals surface area (Å²) in [5, 5.41) is 1.02. The molecule has 1 aliphatic heterocycles. The Labute approximate surface area is 198 Å². The number of ether oxygens (including phenoxy) is 1. The van der Waals surface area contributed by atoms with Crippen LogP contribution in [-0.2, 0) is 16.1 Å². The van der Waals surface area contributed by atoms with Crippen molar-refractivity contribution in [2.75, 3.05) is 38.3 Å². The van der Waals surface area contributed by atoms with Gasteiger partial charge in [-0.3, -0.25) is 9.59 Å². The summed E-state index contributed by atoms with van der Waals surface area (Å²) in [5.74, 6) is 0.226. The maximum atomic E-state index is 12.7. The number of benzene rings is 1. The van der Waals surface area contributed by atoms with E-state index in [-0.39, 0.29) is 18.6 Å². The molecular weight excluding hydrogens is 432 g/mol.